The van der Waals surface area contributed by atoms with Gasteiger partial charge in [-0.1, -0.05) is 38.0 Å². The second kappa shape index (κ2) is 17.4. The molecule has 4 aliphatic rings. The Hall–Kier alpha value is -4.02. The molecule has 0 radical (unpaired) electrons. The van der Waals surface area contributed by atoms with Crippen LogP contribution in [0.15, 0.2) is 35.9 Å². The van der Waals surface area contributed by atoms with Crippen LogP contribution in [0.1, 0.15) is 115 Å². The zero-order chi connectivity index (χ0) is 40.1. The molecule has 1 aromatic rings. The van der Waals surface area contributed by atoms with Crippen LogP contribution in [0.3, 0.4) is 0 Å². The molecule has 5 rings (SSSR count). The predicted octanol–water partition coefficient (Wildman–Crippen LogP) is 2.52. The second-order valence-electron chi connectivity index (χ2n) is 16.3. The van der Waals surface area contributed by atoms with Crippen LogP contribution in [0, 0.1) is 33.8 Å². The Morgan fingerprint density at radius 2 is 1.71 bits per heavy atom. The van der Waals surface area contributed by atoms with Crippen LogP contribution in [-0.4, -0.2) is 80.6 Å². The molecule has 7 N–H and O–H groups in total. The van der Waals surface area contributed by atoms with Crippen molar-refractivity contribution in [1.29, 1.82) is 0 Å². The van der Waals surface area contributed by atoms with Crippen molar-refractivity contribution in [3.05, 3.63) is 46.7 Å². The number of benzene rings is 1. The van der Waals surface area contributed by atoms with Gasteiger partial charge in [-0.05, 0) is 92.6 Å². The number of carboxylic acid groups (broad SMARTS) is 1. The van der Waals surface area contributed by atoms with Crippen molar-refractivity contribution < 1.29 is 59.3 Å². The van der Waals surface area contributed by atoms with Crippen molar-refractivity contribution >= 4 is 41.0 Å². The number of allylic oxidation sites excluding steroid dienone is 1. The minimum Gasteiger partial charge on any atom is -0.595 e. The molecule has 0 aromatic heterocycles. The van der Waals surface area contributed by atoms with Crippen LogP contribution in [0.25, 0.3) is 0 Å². The number of hydrogen-bond acceptors (Lipinski definition) is 11. The van der Waals surface area contributed by atoms with E-state index in [2.05, 4.69) is 17.6 Å². The molecule has 4 aliphatic carbocycles. The fourth-order valence-corrected chi connectivity index (χ4v) is 10.1. The maximum Gasteiger partial charge on any atom is 0.329 e. The SMILES string of the molecule is C[C@]12CCC(=O)C=C1CC[C@H]1[C@H]2CC[C@]2(C)[C@H]1CC[C@]2(O)C(=O)COC(=O)CCC(=O)NCCCCCC(=O)N[C@H](C(=O)O)[C@H](O)c1cccc([NH+]([O-])O)c1. The zero-order valence-electron chi connectivity index (χ0n) is 31.6. The molecular formula is C40H55N3O12. The van der Waals surface area contributed by atoms with Crippen LogP contribution in [0.4, 0.5) is 5.69 Å². The summed E-state index contributed by atoms with van der Waals surface area (Å²) in [6.45, 7) is 4.00. The highest BCUT2D eigenvalue weighted by molar-refractivity contribution is 5.92. The monoisotopic (exact) mass is 769 g/mol. The van der Waals surface area contributed by atoms with E-state index in [-0.39, 0.29) is 54.2 Å². The van der Waals surface area contributed by atoms with E-state index in [1.807, 2.05) is 13.0 Å². The minimum absolute atomic E-state index is 0.0206. The van der Waals surface area contributed by atoms with E-state index < -0.39 is 64.5 Å². The third-order valence-electron chi connectivity index (χ3n) is 13.3. The van der Waals surface area contributed by atoms with Gasteiger partial charge in [0.1, 0.15) is 11.7 Å². The lowest BCUT2D eigenvalue weighted by Crippen LogP contribution is -2.99. The number of aliphatic hydroxyl groups is 2. The first kappa shape index (κ1) is 42.1. The van der Waals surface area contributed by atoms with Gasteiger partial charge in [-0.3, -0.25) is 24.0 Å². The van der Waals surface area contributed by atoms with Crippen LogP contribution in [0.2, 0.25) is 0 Å². The van der Waals surface area contributed by atoms with Crippen LogP contribution >= 0.6 is 0 Å². The third kappa shape index (κ3) is 9.01. The van der Waals surface area contributed by atoms with E-state index in [1.54, 1.807) is 0 Å². The molecule has 1 aromatic carbocycles. The van der Waals surface area contributed by atoms with Gasteiger partial charge in [0, 0.05) is 43.4 Å². The van der Waals surface area contributed by atoms with Gasteiger partial charge in [-0.2, -0.15) is 5.23 Å². The van der Waals surface area contributed by atoms with Crippen molar-refractivity contribution in [3.63, 3.8) is 0 Å². The Bertz CT molecular complexity index is 1680. The number of ether oxygens (including phenoxy) is 1. The van der Waals surface area contributed by atoms with E-state index in [4.69, 9.17) is 9.94 Å². The fraction of sp³-hybridized carbons (Fsp3) is 0.650. The topological polar surface area (TPSA) is 244 Å². The number of carbonyl (C=O) groups excluding carboxylic acids is 5. The third-order valence-corrected chi connectivity index (χ3v) is 13.3. The number of esters is 1. The molecule has 302 valence electrons. The number of fused-ring (bicyclic) bond motifs is 5. The first-order chi connectivity index (χ1) is 26.0. The summed E-state index contributed by atoms with van der Waals surface area (Å²) in [6, 6.07) is 3.47. The van der Waals surface area contributed by atoms with Crippen LogP contribution < -0.4 is 15.9 Å². The summed E-state index contributed by atoms with van der Waals surface area (Å²) in [4.78, 5) is 74.6. The average Bonchev–Trinajstić information content (AvgIpc) is 3.44. The Labute approximate surface area is 320 Å². The summed E-state index contributed by atoms with van der Waals surface area (Å²) in [6.07, 6.45) is 6.94. The van der Waals surface area contributed by atoms with E-state index in [1.165, 1.54) is 23.8 Å². The van der Waals surface area contributed by atoms with Gasteiger partial charge in [-0.15, -0.1) is 0 Å². The normalized spacial score (nSPS) is 30.0. The fourth-order valence-electron chi connectivity index (χ4n) is 10.1. The number of amides is 2. The molecule has 9 atom stereocenters. The molecule has 0 aliphatic heterocycles. The Balaban J connectivity index is 0.973. The van der Waals surface area contributed by atoms with Crippen LogP contribution in [-0.2, 0) is 33.5 Å². The summed E-state index contributed by atoms with van der Waals surface area (Å²) >= 11 is 0. The first-order valence-electron chi connectivity index (χ1n) is 19.5. The Morgan fingerprint density at radius 3 is 2.44 bits per heavy atom. The summed E-state index contributed by atoms with van der Waals surface area (Å²) in [5.74, 6) is -2.59. The van der Waals surface area contributed by atoms with Gasteiger partial charge < -0.3 is 35.9 Å². The Kier molecular flexibility index (Phi) is 13.3. The zero-order valence-corrected chi connectivity index (χ0v) is 31.6. The van der Waals surface area contributed by atoms with Gasteiger partial charge >= 0.3 is 11.9 Å². The highest BCUT2D eigenvalue weighted by Crippen LogP contribution is 2.67. The number of hydrogen-bond donors (Lipinski definition) is 7. The molecule has 0 bridgehead atoms. The standard InChI is InChI=1S/C40H55N3O12/c1-38-17-14-27(44)22-25(38)10-11-28-29(38)15-18-39(2)30(28)16-19-40(39,52)31(45)23-55-34(48)13-12-32(46)41-20-5-3-4-9-33(47)42-35(37(50)51)36(49)24-7-6-8-26(21-24)43(53)54/h6-8,21-22,28-30,35-36,43,49,52-53H,3-5,9-20,23H2,1-2H3,(H,41,46)(H,42,47)(H,50,51)/t28-,29+,30-,35-,36+,38-,39+,40-/m0/s1. The van der Waals surface area contributed by atoms with Gasteiger partial charge in [0.2, 0.25) is 17.6 Å². The molecule has 15 nitrogen and oxygen atoms in total. The molecule has 3 fully saturated rings. The molecule has 15 heteroatoms. The molecule has 0 saturated heterocycles. The summed E-state index contributed by atoms with van der Waals surface area (Å²) in [5, 5.41) is 56.0. The van der Waals surface area contributed by atoms with Crippen molar-refractivity contribution in [1.82, 2.24) is 10.6 Å². The van der Waals surface area contributed by atoms with Gasteiger partial charge in [0.25, 0.3) is 0 Å². The lowest BCUT2D eigenvalue weighted by atomic mass is 9.46. The van der Waals surface area contributed by atoms with Crippen LogP contribution in [0.5, 0.6) is 0 Å². The largest absolute Gasteiger partial charge is 0.595 e. The van der Waals surface area contributed by atoms with E-state index >= 15 is 0 Å². The average molecular weight is 770 g/mol. The quantitative estimate of drug-likeness (QED) is 0.0687. The molecule has 2 amide bonds. The highest BCUT2D eigenvalue weighted by atomic mass is 16.8. The van der Waals surface area contributed by atoms with E-state index in [0.29, 0.717) is 50.4 Å². The number of Topliss-reactive ketones (excluding diaryl/α,β-unsaturated/α-hetero) is 1. The summed E-state index contributed by atoms with van der Waals surface area (Å²) in [7, 11) is 0. The smallest absolute Gasteiger partial charge is 0.329 e. The summed E-state index contributed by atoms with van der Waals surface area (Å²) < 4.78 is 5.25. The molecule has 1 unspecified atom stereocenters. The maximum atomic E-state index is 13.5. The number of unbranched alkanes of at least 4 members (excludes halogenated alkanes) is 2. The van der Waals surface area contributed by atoms with E-state index in [9.17, 15) is 49.3 Å². The van der Waals surface area contributed by atoms with Gasteiger partial charge in [0.15, 0.2) is 24.1 Å². The number of nitrogens with one attached hydrogen (secondary N) is 3. The van der Waals surface area contributed by atoms with Crippen molar-refractivity contribution in [2.24, 2.45) is 28.6 Å². The number of ketones is 2. The maximum absolute atomic E-state index is 13.5. The number of rotatable bonds is 17. The second-order valence-corrected chi connectivity index (χ2v) is 16.3. The van der Waals surface area contributed by atoms with Gasteiger partial charge in [0.05, 0.1) is 6.42 Å². The predicted molar refractivity (Wildman–Crippen MR) is 195 cm³/mol. The molecular weight excluding hydrogens is 714 g/mol. The minimum atomic E-state index is -1.69. The van der Waals surface area contributed by atoms with Crippen molar-refractivity contribution in [2.75, 3.05) is 13.2 Å². The van der Waals surface area contributed by atoms with Gasteiger partial charge in [-0.25, -0.2) is 10.0 Å². The highest BCUT2D eigenvalue weighted by Gasteiger charge is 2.66. The lowest BCUT2D eigenvalue weighted by molar-refractivity contribution is -0.991. The number of aliphatic hydroxyl groups excluding tert-OH is 1. The van der Waals surface area contributed by atoms with Crippen molar-refractivity contribution in [3.8, 4) is 0 Å². The molecule has 55 heavy (non-hydrogen) atoms. The number of carboxylic acids is 1. The molecule has 0 spiro atoms. The first-order valence-corrected chi connectivity index (χ1v) is 19.5. The number of quaternary nitrogens is 1. The molecule has 0 heterocycles. The lowest BCUT2D eigenvalue weighted by Gasteiger charge is -2.58. The number of aliphatic carboxylic acids is 1. The van der Waals surface area contributed by atoms with Crippen molar-refractivity contribution in [2.45, 2.75) is 121 Å². The summed E-state index contributed by atoms with van der Waals surface area (Å²) in [5.41, 5.74) is -1.10. The molecule has 3 saturated carbocycles. The van der Waals surface area contributed by atoms with E-state index in [0.717, 1.165) is 38.2 Å². The number of carbonyl (C=O) groups is 6. The Morgan fingerprint density at radius 1 is 0.964 bits per heavy atom.